The number of aryl methyl sites for hydroxylation is 1. The van der Waals surface area contributed by atoms with Crippen molar-refractivity contribution >= 4 is 0 Å². The smallest absolute Gasteiger partial charge is 0.138 e. The first-order valence-corrected chi connectivity index (χ1v) is 6.27. The predicted molar refractivity (Wildman–Crippen MR) is 62.0 cm³/mol. The van der Waals surface area contributed by atoms with Gasteiger partial charge in [0.15, 0.2) is 0 Å². The van der Waals surface area contributed by atoms with Crippen molar-refractivity contribution < 1.29 is 5.11 Å². The highest BCUT2D eigenvalue weighted by molar-refractivity contribution is 4.96. The molecule has 90 valence electrons. The molecule has 1 aromatic heterocycles. The maximum Gasteiger partial charge on any atom is 0.138 e. The molecule has 1 heterocycles. The molecule has 0 aromatic carbocycles. The Morgan fingerprint density at radius 2 is 2.19 bits per heavy atom. The van der Waals surface area contributed by atoms with E-state index in [4.69, 9.17) is 0 Å². The van der Waals surface area contributed by atoms with Crippen molar-refractivity contribution in [1.82, 2.24) is 14.8 Å². The van der Waals surface area contributed by atoms with Crippen LogP contribution in [0.15, 0.2) is 6.33 Å². The molecule has 1 aromatic rings. The fraction of sp³-hybridized carbons (Fsp3) is 0.833. The van der Waals surface area contributed by atoms with Crippen LogP contribution >= 0.6 is 0 Å². The zero-order chi connectivity index (χ0) is 11.4. The van der Waals surface area contributed by atoms with E-state index in [0.29, 0.717) is 0 Å². The summed E-state index contributed by atoms with van der Waals surface area (Å²) >= 11 is 0. The number of hydrogen-bond acceptors (Lipinski definition) is 3. The Kier molecular flexibility index (Phi) is 3.59. The molecule has 0 bridgehead atoms. The Morgan fingerprint density at radius 3 is 2.81 bits per heavy atom. The van der Waals surface area contributed by atoms with Crippen LogP contribution in [-0.2, 0) is 13.0 Å². The third-order valence-corrected chi connectivity index (χ3v) is 3.66. The lowest BCUT2D eigenvalue weighted by Crippen LogP contribution is -2.26. The minimum Gasteiger partial charge on any atom is -0.396 e. The van der Waals surface area contributed by atoms with E-state index in [9.17, 15) is 5.11 Å². The van der Waals surface area contributed by atoms with Gasteiger partial charge in [0.05, 0.1) is 0 Å². The molecule has 0 aliphatic heterocycles. The molecule has 0 unspecified atom stereocenters. The molecule has 1 aliphatic carbocycles. The molecule has 0 radical (unpaired) electrons. The molecule has 1 fully saturated rings. The van der Waals surface area contributed by atoms with Gasteiger partial charge in [-0.05, 0) is 19.3 Å². The largest absolute Gasteiger partial charge is 0.396 e. The highest BCUT2D eigenvalue weighted by Crippen LogP contribution is 2.40. The molecule has 0 amide bonds. The van der Waals surface area contributed by atoms with Crippen LogP contribution in [0.25, 0.3) is 0 Å². The van der Waals surface area contributed by atoms with Gasteiger partial charge in [0, 0.05) is 25.0 Å². The summed E-state index contributed by atoms with van der Waals surface area (Å²) in [6, 6.07) is 0. The van der Waals surface area contributed by atoms with Crippen LogP contribution in [0.3, 0.4) is 0 Å². The summed E-state index contributed by atoms with van der Waals surface area (Å²) in [5.74, 6) is 1.04. The van der Waals surface area contributed by atoms with Crippen LogP contribution in [0.1, 0.15) is 44.9 Å². The molecule has 1 N–H and O–H groups in total. The first-order chi connectivity index (χ1) is 7.79. The summed E-state index contributed by atoms with van der Waals surface area (Å²) in [5.41, 5.74) is 0.0819. The predicted octanol–water partition coefficient (Wildman–Crippen LogP) is 1.78. The number of aliphatic hydroxyl groups excluding tert-OH is 1. The van der Waals surface area contributed by atoms with Gasteiger partial charge >= 0.3 is 0 Å². The molecule has 4 nitrogen and oxygen atoms in total. The minimum atomic E-state index is 0.0819. The summed E-state index contributed by atoms with van der Waals surface area (Å²) in [4.78, 5) is 4.33. The van der Waals surface area contributed by atoms with E-state index in [0.717, 1.165) is 38.1 Å². The maximum atomic E-state index is 9.58. The van der Waals surface area contributed by atoms with Gasteiger partial charge in [-0.2, -0.15) is 5.10 Å². The number of hydrogen-bond donors (Lipinski definition) is 1. The van der Waals surface area contributed by atoms with Crippen molar-refractivity contribution in [2.75, 3.05) is 6.61 Å². The Balaban J connectivity index is 2.09. The topological polar surface area (TPSA) is 50.9 Å². The lowest BCUT2D eigenvalue weighted by atomic mass is 9.83. The molecule has 0 saturated heterocycles. The lowest BCUT2D eigenvalue weighted by molar-refractivity contribution is 0.127. The average Bonchev–Trinajstić information content (AvgIpc) is 2.91. The molecule has 4 heteroatoms. The highest BCUT2D eigenvalue weighted by atomic mass is 16.3. The normalized spacial score (nSPS) is 19.1. The fourth-order valence-corrected chi connectivity index (χ4v) is 2.67. The van der Waals surface area contributed by atoms with Gasteiger partial charge in [-0.15, -0.1) is 0 Å². The minimum absolute atomic E-state index is 0.0819. The number of aromatic nitrogens is 3. The van der Waals surface area contributed by atoms with Crippen molar-refractivity contribution in [2.45, 2.75) is 52.0 Å². The van der Waals surface area contributed by atoms with Crippen molar-refractivity contribution in [1.29, 1.82) is 0 Å². The molecule has 2 rings (SSSR count). The average molecular weight is 223 g/mol. The van der Waals surface area contributed by atoms with Gasteiger partial charge in [-0.3, -0.25) is 4.68 Å². The van der Waals surface area contributed by atoms with Crippen LogP contribution < -0.4 is 0 Å². The van der Waals surface area contributed by atoms with Crippen LogP contribution in [0, 0.1) is 5.41 Å². The van der Waals surface area contributed by atoms with E-state index in [2.05, 4.69) is 17.0 Å². The second-order valence-corrected chi connectivity index (χ2v) is 4.94. The molecule has 1 saturated carbocycles. The van der Waals surface area contributed by atoms with E-state index >= 15 is 0 Å². The van der Waals surface area contributed by atoms with Gasteiger partial charge < -0.3 is 5.11 Å². The van der Waals surface area contributed by atoms with Crippen LogP contribution in [0.4, 0.5) is 0 Å². The monoisotopic (exact) mass is 223 g/mol. The molecule has 16 heavy (non-hydrogen) atoms. The second-order valence-electron chi connectivity index (χ2n) is 4.94. The first-order valence-electron chi connectivity index (χ1n) is 6.27. The summed E-state index contributed by atoms with van der Waals surface area (Å²) in [6.07, 6.45) is 8.31. The highest BCUT2D eigenvalue weighted by Gasteiger charge is 2.34. The maximum absolute atomic E-state index is 9.58. The molecule has 1 aliphatic rings. The third kappa shape index (κ3) is 2.26. The quantitative estimate of drug-likeness (QED) is 0.828. The zero-order valence-corrected chi connectivity index (χ0v) is 10.0. The van der Waals surface area contributed by atoms with E-state index < -0.39 is 0 Å². The molecular formula is C12H21N3O. The van der Waals surface area contributed by atoms with E-state index in [-0.39, 0.29) is 12.0 Å². The van der Waals surface area contributed by atoms with Gasteiger partial charge in [0.2, 0.25) is 0 Å². The summed E-state index contributed by atoms with van der Waals surface area (Å²) < 4.78 is 1.98. The summed E-state index contributed by atoms with van der Waals surface area (Å²) in [5, 5.41) is 13.8. The van der Waals surface area contributed by atoms with E-state index in [1.54, 1.807) is 6.33 Å². The fourth-order valence-electron chi connectivity index (χ4n) is 2.67. The standard InChI is InChI=1S/C12H21N3O/c1-2-7-15-11(13-10-14-15)8-12(9-16)5-3-4-6-12/h10,16H,2-9H2,1H3. The third-order valence-electron chi connectivity index (χ3n) is 3.66. The molecule has 0 spiro atoms. The van der Waals surface area contributed by atoms with Crippen molar-refractivity contribution in [3.8, 4) is 0 Å². The van der Waals surface area contributed by atoms with Crippen molar-refractivity contribution in [3.63, 3.8) is 0 Å². The summed E-state index contributed by atoms with van der Waals surface area (Å²) in [7, 11) is 0. The Bertz CT molecular complexity index is 329. The van der Waals surface area contributed by atoms with Gasteiger partial charge in [0.1, 0.15) is 12.2 Å². The number of aliphatic hydroxyl groups is 1. The zero-order valence-electron chi connectivity index (χ0n) is 10.0. The van der Waals surface area contributed by atoms with Crippen LogP contribution in [0.5, 0.6) is 0 Å². The van der Waals surface area contributed by atoms with Crippen molar-refractivity contribution in [3.05, 3.63) is 12.2 Å². The van der Waals surface area contributed by atoms with Crippen LogP contribution in [-0.4, -0.2) is 26.5 Å². The van der Waals surface area contributed by atoms with Crippen molar-refractivity contribution in [2.24, 2.45) is 5.41 Å². The first kappa shape index (κ1) is 11.6. The Morgan fingerprint density at radius 1 is 1.44 bits per heavy atom. The Labute approximate surface area is 96.7 Å². The molecular weight excluding hydrogens is 202 g/mol. The molecule has 0 atom stereocenters. The van der Waals surface area contributed by atoms with E-state index in [1.165, 1.54) is 12.8 Å². The van der Waals surface area contributed by atoms with Gasteiger partial charge in [0.25, 0.3) is 0 Å². The van der Waals surface area contributed by atoms with Gasteiger partial charge in [-0.25, -0.2) is 4.98 Å². The number of nitrogens with zero attached hydrogens (tertiary/aromatic N) is 3. The van der Waals surface area contributed by atoms with E-state index in [1.807, 2.05) is 4.68 Å². The second kappa shape index (κ2) is 4.95. The number of rotatable bonds is 5. The van der Waals surface area contributed by atoms with Gasteiger partial charge in [-0.1, -0.05) is 19.8 Å². The summed E-state index contributed by atoms with van der Waals surface area (Å²) in [6.45, 7) is 3.35. The van der Waals surface area contributed by atoms with Crippen LogP contribution in [0.2, 0.25) is 0 Å². The SMILES string of the molecule is CCCn1ncnc1CC1(CO)CCCC1. The Hall–Kier alpha value is -0.900. The lowest BCUT2D eigenvalue weighted by Gasteiger charge is -2.25.